The summed E-state index contributed by atoms with van der Waals surface area (Å²) in [5, 5.41) is 6.02. The topological polar surface area (TPSA) is 32.7 Å². The Kier molecular flexibility index (Phi) is 5.27. The van der Waals surface area contributed by atoms with Crippen molar-refractivity contribution in [3.63, 3.8) is 0 Å². The molecule has 108 valence electrons. The van der Waals surface area contributed by atoms with Crippen molar-refractivity contribution in [3.05, 3.63) is 60.2 Å². The molecule has 0 amide bonds. The van der Waals surface area contributed by atoms with Gasteiger partial charge in [0.15, 0.2) is 0 Å². The van der Waals surface area contributed by atoms with Gasteiger partial charge in [-0.15, -0.1) is 0 Å². The zero-order valence-corrected chi connectivity index (χ0v) is 12.5. The van der Waals surface area contributed by atoms with Crippen molar-refractivity contribution in [1.82, 2.24) is 5.01 Å². The predicted octanol–water partition coefficient (Wildman–Crippen LogP) is 3.86. The van der Waals surface area contributed by atoms with Gasteiger partial charge in [-0.2, -0.15) is 5.10 Å². The van der Waals surface area contributed by atoms with Crippen LogP contribution in [0.5, 0.6) is 0 Å². The molecule has 0 bridgehead atoms. The standard InChI is InChI=1S/C18H20N2O/c1-3-20(4-2)19-14-18(21)17-12-10-16(11-13-17)15-8-6-5-7-9-15/h5-14H,3-4H2,1-2H3/b19-14+. The first kappa shape index (κ1) is 15.0. The Bertz CT molecular complexity index is 599. The lowest BCUT2D eigenvalue weighted by molar-refractivity contribution is 0.106. The third-order valence-corrected chi connectivity index (χ3v) is 3.34. The summed E-state index contributed by atoms with van der Waals surface area (Å²) in [5.74, 6) is -0.0680. The quantitative estimate of drug-likeness (QED) is 0.457. The van der Waals surface area contributed by atoms with Crippen LogP contribution in [0.4, 0.5) is 0 Å². The fraction of sp³-hybridized carbons (Fsp3) is 0.222. The first-order valence-electron chi connectivity index (χ1n) is 7.23. The van der Waals surface area contributed by atoms with Gasteiger partial charge in [0.25, 0.3) is 0 Å². The average Bonchev–Trinajstić information content (AvgIpc) is 2.56. The summed E-state index contributed by atoms with van der Waals surface area (Å²) in [6, 6.07) is 17.7. The van der Waals surface area contributed by atoms with Gasteiger partial charge >= 0.3 is 0 Å². The van der Waals surface area contributed by atoms with Crippen LogP contribution in [0.1, 0.15) is 24.2 Å². The largest absolute Gasteiger partial charge is 0.297 e. The molecule has 0 radical (unpaired) electrons. The van der Waals surface area contributed by atoms with Gasteiger partial charge < -0.3 is 0 Å². The highest BCUT2D eigenvalue weighted by molar-refractivity contribution is 6.35. The summed E-state index contributed by atoms with van der Waals surface area (Å²) in [6.07, 6.45) is 1.39. The summed E-state index contributed by atoms with van der Waals surface area (Å²) in [4.78, 5) is 12.1. The molecular formula is C18H20N2O. The molecular weight excluding hydrogens is 260 g/mol. The van der Waals surface area contributed by atoms with Crippen LogP contribution in [0.3, 0.4) is 0 Å². The summed E-state index contributed by atoms with van der Waals surface area (Å²) >= 11 is 0. The second-order valence-corrected chi connectivity index (χ2v) is 4.69. The number of nitrogens with zero attached hydrogens (tertiary/aromatic N) is 2. The average molecular weight is 280 g/mol. The van der Waals surface area contributed by atoms with Crippen molar-refractivity contribution in [1.29, 1.82) is 0 Å². The van der Waals surface area contributed by atoms with Crippen molar-refractivity contribution in [2.45, 2.75) is 13.8 Å². The molecule has 3 nitrogen and oxygen atoms in total. The van der Waals surface area contributed by atoms with Crippen LogP contribution in [0.2, 0.25) is 0 Å². The first-order valence-corrected chi connectivity index (χ1v) is 7.23. The molecule has 0 spiro atoms. The lowest BCUT2D eigenvalue weighted by atomic mass is 10.0. The van der Waals surface area contributed by atoms with E-state index in [2.05, 4.69) is 17.2 Å². The zero-order chi connectivity index (χ0) is 15.1. The van der Waals surface area contributed by atoms with E-state index in [-0.39, 0.29) is 5.78 Å². The van der Waals surface area contributed by atoms with Gasteiger partial charge in [-0.25, -0.2) is 0 Å². The second kappa shape index (κ2) is 7.39. The van der Waals surface area contributed by atoms with Gasteiger partial charge in [0.05, 0.1) is 6.21 Å². The lowest BCUT2D eigenvalue weighted by Crippen LogP contribution is -2.17. The number of benzene rings is 2. The number of ketones is 1. The van der Waals surface area contributed by atoms with Gasteiger partial charge in [0, 0.05) is 18.7 Å². The maximum Gasteiger partial charge on any atom is 0.205 e. The number of hydrogen-bond acceptors (Lipinski definition) is 3. The molecule has 0 aliphatic carbocycles. The number of hydrazone groups is 1. The molecule has 3 heteroatoms. The molecule has 0 saturated heterocycles. The molecule has 0 unspecified atom stereocenters. The molecule has 2 aromatic carbocycles. The van der Waals surface area contributed by atoms with Gasteiger partial charge in [-0.3, -0.25) is 9.80 Å². The van der Waals surface area contributed by atoms with Crippen molar-refractivity contribution in [2.24, 2.45) is 5.10 Å². The molecule has 0 atom stereocenters. The van der Waals surface area contributed by atoms with E-state index in [4.69, 9.17) is 0 Å². The third kappa shape index (κ3) is 4.02. The SMILES string of the molecule is CCN(CC)/N=C/C(=O)c1ccc(-c2ccccc2)cc1. The van der Waals surface area contributed by atoms with E-state index in [0.717, 1.165) is 24.2 Å². The molecule has 0 N–H and O–H groups in total. The minimum absolute atomic E-state index is 0.0680. The predicted molar refractivity (Wildman–Crippen MR) is 87.6 cm³/mol. The normalized spacial score (nSPS) is 10.8. The van der Waals surface area contributed by atoms with E-state index in [1.165, 1.54) is 6.21 Å². The van der Waals surface area contributed by atoms with E-state index in [9.17, 15) is 4.79 Å². The number of Topliss-reactive ketones (excluding diaryl/α,β-unsaturated/α-hetero) is 1. The Hall–Kier alpha value is -2.42. The first-order chi connectivity index (χ1) is 10.2. The van der Waals surface area contributed by atoms with E-state index in [1.807, 2.05) is 61.3 Å². The van der Waals surface area contributed by atoms with Gasteiger partial charge in [-0.05, 0) is 25.0 Å². The van der Waals surface area contributed by atoms with E-state index < -0.39 is 0 Å². The van der Waals surface area contributed by atoms with Crippen molar-refractivity contribution >= 4 is 12.0 Å². The lowest BCUT2D eigenvalue weighted by Gasteiger charge is -2.12. The highest BCUT2D eigenvalue weighted by Gasteiger charge is 2.04. The van der Waals surface area contributed by atoms with Crippen molar-refractivity contribution in [2.75, 3.05) is 13.1 Å². The molecule has 0 aliphatic heterocycles. The van der Waals surface area contributed by atoms with Crippen LogP contribution in [0.15, 0.2) is 59.7 Å². The van der Waals surface area contributed by atoms with E-state index in [1.54, 1.807) is 0 Å². The fourth-order valence-corrected chi connectivity index (χ4v) is 2.05. The Morgan fingerprint density at radius 1 is 0.952 bits per heavy atom. The zero-order valence-electron chi connectivity index (χ0n) is 12.5. The molecule has 0 fully saturated rings. The third-order valence-electron chi connectivity index (χ3n) is 3.34. The summed E-state index contributed by atoms with van der Waals surface area (Å²) < 4.78 is 0. The van der Waals surface area contributed by atoms with Gasteiger partial charge in [0.1, 0.15) is 0 Å². The van der Waals surface area contributed by atoms with Crippen LogP contribution < -0.4 is 0 Å². The minimum Gasteiger partial charge on any atom is -0.297 e. The highest BCUT2D eigenvalue weighted by Crippen LogP contribution is 2.19. The monoisotopic (exact) mass is 280 g/mol. The fourth-order valence-electron chi connectivity index (χ4n) is 2.05. The van der Waals surface area contributed by atoms with Crippen LogP contribution >= 0.6 is 0 Å². The number of hydrogen-bond donors (Lipinski definition) is 0. The number of carbonyl (C=O) groups excluding carboxylic acids is 1. The molecule has 0 aliphatic rings. The van der Waals surface area contributed by atoms with Crippen LogP contribution in [-0.2, 0) is 0 Å². The Balaban J connectivity index is 2.10. The smallest absolute Gasteiger partial charge is 0.205 e. The Morgan fingerprint density at radius 2 is 1.52 bits per heavy atom. The number of rotatable bonds is 6. The Morgan fingerprint density at radius 3 is 2.10 bits per heavy atom. The minimum atomic E-state index is -0.0680. The molecule has 2 aromatic rings. The molecule has 0 heterocycles. The summed E-state index contributed by atoms with van der Waals surface area (Å²) in [6.45, 7) is 5.63. The summed E-state index contributed by atoms with van der Waals surface area (Å²) in [7, 11) is 0. The van der Waals surface area contributed by atoms with Gasteiger partial charge in [0.2, 0.25) is 5.78 Å². The van der Waals surface area contributed by atoms with Crippen molar-refractivity contribution in [3.8, 4) is 11.1 Å². The maximum absolute atomic E-state index is 12.1. The molecule has 0 aromatic heterocycles. The highest BCUT2D eigenvalue weighted by atomic mass is 16.1. The molecule has 2 rings (SSSR count). The molecule has 0 saturated carbocycles. The van der Waals surface area contributed by atoms with E-state index in [0.29, 0.717) is 5.56 Å². The summed E-state index contributed by atoms with van der Waals surface area (Å²) in [5.41, 5.74) is 2.91. The number of carbonyl (C=O) groups is 1. The van der Waals surface area contributed by atoms with Crippen LogP contribution in [0.25, 0.3) is 11.1 Å². The Labute approximate surface area is 125 Å². The maximum atomic E-state index is 12.1. The van der Waals surface area contributed by atoms with Crippen LogP contribution in [-0.4, -0.2) is 30.1 Å². The van der Waals surface area contributed by atoms with Crippen LogP contribution in [0, 0.1) is 0 Å². The second-order valence-electron chi connectivity index (χ2n) is 4.69. The molecule has 21 heavy (non-hydrogen) atoms. The van der Waals surface area contributed by atoms with Crippen molar-refractivity contribution < 1.29 is 4.79 Å². The van der Waals surface area contributed by atoms with E-state index >= 15 is 0 Å². The van der Waals surface area contributed by atoms with Gasteiger partial charge in [-0.1, -0.05) is 54.6 Å².